The molecule has 2 amide bonds. The molecular formula is C18H17FN2O2S. The van der Waals surface area contributed by atoms with E-state index in [1.807, 2.05) is 30.3 Å². The SMILES string of the molecule is CNC(=O)[C@@H](c1ccccc1)N1C(=O)CS[C@H]1c1ccc(F)cc1. The molecule has 1 saturated heterocycles. The molecule has 0 spiro atoms. The summed E-state index contributed by atoms with van der Waals surface area (Å²) in [7, 11) is 1.55. The molecule has 0 bridgehead atoms. The van der Waals surface area contributed by atoms with Gasteiger partial charge in [0.05, 0.1) is 5.75 Å². The highest BCUT2D eigenvalue weighted by Crippen LogP contribution is 2.43. The normalized spacial score (nSPS) is 18.5. The van der Waals surface area contributed by atoms with Gasteiger partial charge in [-0.25, -0.2) is 4.39 Å². The Balaban J connectivity index is 2.02. The second-order valence-electron chi connectivity index (χ2n) is 5.44. The van der Waals surface area contributed by atoms with Crippen molar-refractivity contribution in [3.05, 3.63) is 71.5 Å². The largest absolute Gasteiger partial charge is 0.357 e. The summed E-state index contributed by atoms with van der Waals surface area (Å²) in [6.45, 7) is 0. The van der Waals surface area contributed by atoms with E-state index in [2.05, 4.69) is 5.32 Å². The Hall–Kier alpha value is -2.34. The maximum Gasteiger partial charge on any atom is 0.247 e. The van der Waals surface area contributed by atoms with Gasteiger partial charge in [0.25, 0.3) is 0 Å². The molecule has 0 aliphatic carbocycles. The minimum Gasteiger partial charge on any atom is -0.357 e. The number of hydrogen-bond donors (Lipinski definition) is 1. The van der Waals surface area contributed by atoms with E-state index in [0.717, 1.165) is 11.1 Å². The van der Waals surface area contributed by atoms with Crippen molar-refractivity contribution in [2.75, 3.05) is 12.8 Å². The maximum absolute atomic E-state index is 13.2. The monoisotopic (exact) mass is 344 g/mol. The van der Waals surface area contributed by atoms with Crippen LogP contribution in [0.4, 0.5) is 4.39 Å². The Kier molecular flexibility index (Phi) is 4.85. The third-order valence-corrected chi connectivity index (χ3v) is 5.18. The first-order valence-corrected chi connectivity index (χ1v) is 8.61. The molecule has 6 heteroatoms. The molecule has 0 unspecified atom stereocenters. The van der Waals surface area contributed by atoms with Gasteiger partial charge in [0.1, 0.15) is 17.2 Å². The molecule has 1 fully saturated rings. The summed E-state index contributed by atoms with van der Waals surface area (Å²) in [6.07, 6.45) is 0. The van der Waals surface area contributed by atoms with E-state index < -0.39 is 6.04 Å². The van der Waals surface area contributed by atoms with Crippen LogP contribution in [0.2, 0.25) is 0 Å². The van der Waals surface area contributed by atoms with Crippen LogP contribution in [0.1, 0.15) is 22.5 Å². The molecule has 24 heavy (non-hydrogen) atoms. The molecule has 2 aromatic carbocycles. The molecule has 124 valence electrons. The number of thioether (sulfide) groups is 1. The quantitative estimate of drug-likeness (QED) is 0.928. The Labute approximate surface area is 144 Å². The summed E-state index contributed by atoms with van der Waals surface area (Å²) in [4.78, 5) is 26.6. The number of benzene rings is 2. The van der Waals surface area contributed by atoms with Gasteiger partial charge >= 0.3 is 0 Å². The van der Waals surface area contributed by atoms with Crippen LogP contribution in [0.25, 0.3) is 0 Å². The van der Waals surface area contributed by atoms with Crippen molar-refractivity contribution in [1.29, 1.82) is 0 Å². The summed E-state index contributed by atoms with van der Waals surface area (Å²) in [5.74, 6) is -0.385. The number of rotatable bonds is 4. The fourth-order valence-electron chi connectivity index (χ4n) is 2.81. The van der Waals surface area contributed by atoms with Gasteiger partial charge in [-0.2, -0.15) is 0 Å². The molecule has 1 N–H and O–H groups in total. The second-order valence-corrected chi connectivity index (χ2v) is 6.51. The smallest absolute Gasteiger partial charge is 0.247 e. The van der Waals surface area contributed by atoms with Gasteiger partial charge in [-0.15, -0.1) is 11.8 Å². The molecule has 2 atom stereocenters. The number of carbonyl (C=O) groups is 2. The van der Waals surface area contributed by atoms with Crippen LogP contribution in [0.3, 0.4) is 0 Å². The van der Waals surface area contributed by atoms with Crippen LogP contribution >= 0.6 is 11.8 Å². The molecule has 0 saturated carbocycles. The number of amides is 2. The van der Waals surface area contributed by atoms with E-state index in [0.29, 0.717) is 5.75 Å². The van der Waals surface area contributed by atoms with Gasteiger partial charge in [0, 0.05) is 7.05 Å². The Morgan fingerprint density at radius 1 is 1.21 bits per heavy atom. The maximum atomic E-state index is 13.2. The lowest BCUT2D eigenvalue weighted by Gasteiger charge is -2.32. The third kappa shape index (κ3) is 3.14. The summed E-state index contributed by atoms with van der Waals surface area (Å²) in [6, 6.07) is 14.5. The highest BCUT2D eigenvalue weighted by Gasteiger charge is 2.41. The van der Waals surface area contributed by atoms with E-state index in [-0.39, 0.29) is 23.0 Å². The first kappa shape index (κ1) is 16.5. The second kappa shape index (κ2) is 7.05. The first-order chi connectivity index (χ1) is 11.6. The van der Waals surface area contributed by atoms with Crippen molar-refractivity contribution in [2.24, 2.45) is 0 Å². The van der Waals surface area contributed by atoms with E-state index in [4.69, 9.17) is 0 Å². The van der Waals surface area contributed by atoms with Crippen LogP contribution in [0.5, 0.6) is 0 Å². The fraction of sp³-hybridized carbons (Fsp3) is 0.222. The number of carbonyl (C=O) groups excluding carboxylic acids is 2. The third-order valence-electron chi connectivity index (χ3n) is 3.95. The van der Waals surface area contributed by atoms with Crippen molar-refractivity contribution < 1.29 is 14.0 Å². The molecule has 1 aliphatic heterocycles. The van der Waals surface area contributed by atoms with Gasteiger partial charge in [-0.05, 0) is 23.3 Å². The van der Waals surface area contributed by atoms with Crippen LogP contribution in [0, 0.1) is 5.82 Å². The van der Waals surface area contributed by atoms with Crippen LogP contribution in [-0.2, 0) is 9.59 Å². The van der Waals surface area contributed by atoms with E-state index in [9.17, 15) is 14.0 Å². The molecule has 0 aromatic heterocycles. The molecule has 2 aromatic rings. The van der Waals surface area contributed by atoms with Crippen molar-refractivity contribution in [3.8, 4) is 0 Å². The van der Waals surface area contributed by atoms with Crippen molar-refractivity contribution in [3.63, 3.8) is 0 Å². The summed E-state index contributed by atoms with van der Waals surface area (Å²) in [5, 5.41) is 2.32. The summed E-state index contributed by atoms with van der Waals surface area (Å²) < 4.78 is 13.2. The molecule has 0 radical (unpaired) electrons. The van der Waals surface area contributed by atoms with E-state index in [1.165, 1.54) is 23.9 Å². The highest BCUT2D eigenvalue weighted by molar-refractivity contribution is 8.00. The fourth-order valence-corrected chi connectivity index (χ4v) is 4.01. The molecule has 3 rings (SSSR count). The van der Waals surface area contributed by atoms with E-state index in [1.54, 1.807) is 24.1 Å². The Bertz CT molecular complexity index is 736. The minimum absolute atomic E-state index is 0.105. The van der Waals surface area contributed by atoms with E-state index >= 15 is 0 Å². The number of likely N-dealkylation sites (N-methyl/N-ethyl adjacent to an activating group) is 1. The first-order valence-electron chi connectivity index (χ1n) is 7.56. The lowest BCUT2D eigenvalue weighted by Crippen LogP contribution is -2.41. The molecule has 1 aliphatic rings. The molecule has 1 heterocycles. The highest BCUT2D eigenvalue weighted by atomic mass is 32.2. The van der Waals surface area contributed by atoms with Gasteiger partial charge in [0.15, 0.2) is 0 Å². The number of nitrogens with one attached hydrogen (secondary N) is 1. The average molecular weight is 344 g/mol. The van der Waals surface area contributed by atoms with Crippen LogP contribution < -0.4 is 5.32 Å². The van der Waals surface area contributed by atoms with Crippen molar-refractivity contribution in [2.45, 2.75) is 11.4 Å². The van der Waals surface area contributed by atoms with Gasteiger partial charge in [-0.3, -0.25) is 9.59 Å². The van der Waals surface area contributed by atoms with Crippen molar-refractivity contribution >= 4 is 23.6 Å². The number of halogens is 1. The Morgan fingerprint density at radius 2 is 1.88 bits per heavy atom. The average Bonchev–Trinajstić information content (AvgIpc) is 2.98. The van der Waals surface area contributed by atoms with Crippen LogP contribution in [-0.4, -0.2) is 29.5 Å². The summed E-state index contributed by atoms with van der Waals surface area (Å²) >= 11 is 1.44. The lowest BCUT2D eigenvalue weighted by atomic mass is 10.0. The molecular weight excluding hydrogens is 327 g/mol. The molecule has 4 nitrogen and oxygen atoms in total. The summed E-state index contributed by atoms with van der Waals surface area (Å²) in [5.41, 5.74) is 1.55. The zero-order valence-corrected chi connectivity index (χ0v) is 13.9. The topological polar surface area (TPSA) is 49.4 Å². The Morgan fingerprint density at radius 3 is 2.50 bits per heavy atom. The van der Waals surface area contributed by atoms with Gasteiger partial charge in [0.2, 0.25) is 11.8 Å². The van der Waals surface area contributed by atoms with Gasteiger partial charge < -0.3 is 10.2 Å². The standard InChI is InChI=1S/C18H17FN2O2S/c1-20-17(23)16(12-5-3-2-4-6-12)21-15(22)11-24-18(21)13-7-9-14(19)10-8-13/h2-10,16,18H,11H2,1H3,(H,20,23)/t16-,18+/m1/s1. The zero-order chi connectivity index (χ0) is 17.1. The minimum atomic E-state index is -0.714. The van der Waals surface area contributed by atoms with Crippen LogP contribution in [0.15, 0.2) is 54.6 Å². The number of nitrogens with zero attached hydrogens (tertiary/aromatic N) is 1. The van der Waals surface area contributed by atoms with Gasteiger partial charge in [-0.1, -0.05) is 42.5 Å². The number of hydrogen-bond acceptors (Lipinski definition) is 3. The zero-order valence-electron chi connectivity index (χ0n) is 13.1. The predicted molar refractivity (Wildman–Crippen MR) is 91.7 cm³/mol. The lowest BCUT2D eigenvalue weighted by molar-refractivity contribution is -0.138. The predicted octanol–water partition coefficient (Wildman–Crippen LogP) is 2.89. The van der Waals surface area contributed by atoms with Crippen molar-refractivity contribution in [1.82, 2.24) is 10.2 Å².